The van der Waals surface area contributed by atoms with E-state index >= 15 is 0 Å². The van der Waals surface area contributed by atoms with E-state index in [-0.39, 0.29) is 86.6 Å². The standard InChI is InChI=1S/C9H13O3.Cs/c1-7(4-5-8(2)10)6-12-9(3)11;/h4-7H,1-3H3;/q-1;+1/b5-4+;/t7-;/m1./s1. The summed E-state index contributed by atoms with van der Waals surface area (Å²) in [5.41, 5.74) is 0. The Labute approximate surface area is 138 Å². The van der Waals surface area contributed by atoms with E-state index in [9.17, 15) is 9.59 Å². The molecule has 0 aromatic heterocycles. The van der Waals surface area contributed by atoms with E-state index in [1.165, 1.54) is 26.5 Å². The molecule has 0 aliphatic carbocycles. The van der Waals surface area contributed by atoms with Gasteiger partial charge in [0.1, 0.15) is 0 Å². The van der Waals surface area contributed by atoms with Crippen LogP contribution in [0.15, 0.2) is 12.2 Å². The fraction of sp³-hybridized carbons (Fsp3) is 0.444. The molecular weight excluding hydrogens is 289 g/mol. The van der Waals surface area contributed by atoms with E-state index in [1.54, 1.807) is 6.08 Å². The summed E-state index contributed by atoms with van der Waals surface area (Å²) < 4.78 is 4.61. The molecule has 0 aliphatic heterocycles. The quantitative estimate of drug-likeness (QED) is 0.360. The maximum atomic E-state index is 10.5. The van der Waals surface area contributed by atoms with Crippen LogP contribution in [0.4, 0.5) is 0 Å². The monoisotopic (exact) mass is 302 g/mol. The van der Waals surface area contributed by atoms with E-state index in [0.29, 0.717) is 0 Å². The molecule has 0 bridgehead atoms. The number of hydrogen-bond acceptors (Lipinski definition) is 3. The van der Waals surface area contributed by atoms with Crippen LogP contribution in [0.5, 0.6) is 0 Å². The SMILES string of the molecule is CC(=O)/C=C/[C@@H](C)[CH-]OC(C)=O.[Cs+]. The Kier molecular flexibility index (Phi) is 11.9. The number of ketones is 1. The van der Waals surface area contributed by atoms with E-state index < -0.39 is 0 Å². The Balaban J connectivity index is 0. The van der Waals surface area contributed by atoms with Gasteiger partial charge in [0.15, 0.2) is 5.78 Å². The predicted octanol–water partition coefficient (Wildman–Crippen LogP) is -1.50. The maximum absolute atomic E-state index is 10.5. The second-order valence-corrected chi connectivity index (χ2v) is 2.57. The van der Waals surface area contributed by atoms with Crippen molar-refractivity contribution in [1.82, 2.24) is 0 Å². The fourth-order valence-electron chi connectivity index (χ4n) is 0.536. The molecule has 68 valence electrons. The number of rotatable bonds is 4. The van der Waals surface area contributed by atoms with Gasteiger partial charge in [-0.2, -0.15) is 6.61 Å². The van der Waals surface area contributed by atoms with Crippen LogP contribution in [0.2, 0.25) is 0 Å². The third-order valence-electron chi connectivity index (χ3n) is 1.08. The van der Waals surface area contributed by atoms with Gasteiger partial charge in [0.2, 0.25) is 0 Å². The third-order valence-corrected chi connectivity index (χ3v) is 1.08. The molecule has 1 atom stereocenters. The van der Waals surface area contributed by atoms with Gasteiger partial charge < -0.3 is 4.74 Å². The Morgan fingerprint density at radius 1 is 1.38 bits per heavy atom. The third kappa shape index (κ3) is 12.9. The summed E-state index contributed by atoms with van der Waals surface area (Å²) in [6, 6.07) is 0. The van der Waals surface area contributed by atoms with Gasteiger partial charge in [0.05, 0.1) is 0 Å². The van der Waals surface area contributed by atoms with Gasteiger partial charge in [-0.1, -0.05) is 6.92 Å². The number of allylic oxidation sites excluding steroid dienone is 1. The van der Waals surface area contributed by atoms with E-state index in [0.717, 1.165) is 0 Å². The summed E-state index contributed by atoms with van der Waals surface area (Å²) in [5, 5.41) is 0. The van der Waals surface area contributed by atoms with Crippen molar-refractivity contribution in [2.24, 2.45) is 5.92 Å². The minimum Gasteiger partial charge on any atom is -0.637 e. The number of hydrogen-bond donors (Lipinski definition) is 0. The molecule has 0 unspecified atom stereocenters. The van der Waals surface area contributed by atoms with Crippen LogP contribution in [-0.4, -0.2) is 11.8 Å². The number of ether oxygens (including phenoxy) is 1. The minimum absolute atomic E-state index is 0. The van der Waals surface area contributed by atoms with E-state index in [2.05, 4.69) is 4.74 Å². The summed E-state index contributed by atoms with van der Waals surface area (Å²) in [6.07, 6.45) is 3.12. The van der Waals surface area contributed by atoms with E-state index in [4.69, 9.17) is 0 Å². The predicted molar refractivity (Wildman–Crippen MR) is 45.1 cm³/mol. The minimum atomic E-state index is -0.349. The van der Waals surface area contributed by atoms with Crippen molar-refractivity contribution in [2.45, 2.75) is 20.8 Å². The molecule has 0 radical (unpaired) electrons. The second kappa shape index (κ2) is 9.49. The van der Waals surface area contributed by atoms with Crippen molar-refractivity contribution in [3.05, 3.63) is 18.8 Å². The molecule has 0 aliphatic rings. The fourth-order valence-corrected chi connectivity index (χ4v) is 0.536. The summed E-state index contributed by atoms with van der Waals surface area (Å²) >= 11 is 0. The van der Waals surface area contributed by atoms with Gasteiger partial charge in [-0.3, -0.25) is 9.59 Å². The molecule has 0 saturated carbocycles. The number of esters is 1. The Morgan fingerprint density at radius 2 is 1.92 bits per heavy atom. The number of carbonyl (C=O) groups excluding carboxylic acids is 2. The maximum Gasteiger partial charge on any atom is 1.00 e. The van der Waals surface area contributed by atoms with Crippen LogP contribution in [0, 0.1) is 12.5 Å². The normalized spacial score (nSPS) is 11.9. The topological polar surface area (TPSA) is 43.4 Å². The summed E-state index contributed by atoms with van der Waals surface area (Å²) in [4.78, 5) is 20.8. The first-order valence-electron chi connectivity index (χ1n) is 3.71. The first-order valence-corrected chi connectivity index (χ1v) is 3.71. The summed E-state index contributed by atoms with van der Waals surface area (Å²) in [5.74, 6) is -0.394. The van der Waals surface area contributed by atoms with Gasteiger partial charge >= 0.3 is 68.9 Å². The molecule has 0 spiro atoms. The molecule has 0 aromatic carbocycles. The zero-order chi connectivity index (χ0) is 9.56. The summed E-state index contributed by atoms with van der Waals surface area (Å²) in [6.45, 7) is 6.01. The van der Waals surface area contributed by atoms with Crippen LogP contribution in [0.25, 0.3) is 0 Å². The second-order valence-electron chi connectivity index (χ2n) is 2.57. The van der Waals surface area contributed by atoms with Crippen LogP contribution in [0.1, 0.15) is 20.8 Å². The van der Waals surface area contributed by atoms with Crippen molar-refractivity contribution in [3.63, 3.8) is 0 Å². The van der Waals surface area contributed by atoms with Gasteiger partial charge in [0, 0.05) is 6.92 Å². The smallest absolute Gasteiger partial charge is 0.637 e. The van der Waals surface area contributed by atoms with Crippen LogP contribution < -0.4 is 68.9 Å². The van der Waals surface area contributed by atoms with Crippen molar-refractivity contribution in [3.8, 4) is 0 Å². The van der Waals surface area contributed by atoms with Gasteiger partial charge in [-0.15, -0.1) is 12.0 Å². The summed E-state index contributed by atoms with van der Waals surface area (Å²) in [7, 11) is 0. The van der Waals surface area contributed by atoms with Crippen molar-refractivity contribution < 1.29 is 83.2 Å². The van der Waals surface area contributed by atoms with Crippen LogP contribution >= 0.6 is 0 Å². The Bertz CT molecular complexity index is 199. The average molecular weight is 302 g/mol. The zero-order valence-electron chi connectivity index (χ0n) is 8.53. The first-order chi connectivity index (χ1) is 5.52. The molecule has 0 amide bonds. The largest absolute Gasteiger partial charge is 1.00 e. The molecule has 0 saturated heterocycles. The van der Waals surface area contributed by atoms with Gasteiger partial charge in [-0.05, 0) is 13.0 Å². The molecule has 3 nitrogen and oxygen atoms in total. The molecular formula is C9H13CsO3. The average Bonchev–Trinajstić information content (AvgIpc) is 1.96. The molecule has 0 fully saturated rings. The molecule has 0 heterocycles. The van der Waals surface area contributed by atoms with Crippen LogP contribution in [-0.2, 0) is 14.3 Å². The van der Waals surface area contributed by atoms with Crippen molar-refractivity contribution >= 4 is 11.8 Å². The van der Waals surface area contributed by atoms with Gasteiger partial charge in [-0.25, -0.2) is 0 Å². The number of carbonyl (C=O) groups is 2. The molecule has 0 N–H and O–H groups in total. The molecule has 0 rings (SSSR count). The Hall–Kier alpha value is 0.932. The van der Waals surface area contributed by atoms with Crippen molar-refractivity contribution in [1.29, 1.82) is 0 Å². The Morgan fingerprint density at radius 3 is 2.31 bits per heavy atom. The molecule has 0 aromatic rings. The van der Waals surface area contributed by atoms with E-state index in [1.807, 2.05) is 6.92 Å². The van der Waals surface area contributed by atoms with Crippen LogP contribution in [0.3, 0.4) is 0 Å². The first kappa shape index (κ1) is 16.4. The molecule has 13 heavy (non-hydrogen) atoms. The van der Waals surface area contributed by atoms with Crippen molar-refractivity contribution in [2.75, 3.05) is 0 Å². The zero-order valence-corrected chi connectivity index (χ0v) is 14.8. The van der Waals surface area contributed by atoms with Gasteiger partial charge in [0.25, 0.3) is 5.97 Å². The molecule has 4 heteroatoms.